The summed E-state index contributed by atoms with van der Waals surface area (Å²) in [6, 6.07) is 25.4. The van der Waals surface area contributed by atoms with Crippen LogP contribution in [0.4, 0.5) is 5.13 Å². The van der Waals surface area contributed by atoms with Crippen LogP contribution in [0.2, 0.25) is 0 Å². The van der Waals surface area contributed by atoms with Gasteiger partial charge in [0, 0.05) is 18.9 Å². The van der Waals surface area contributed by atoms with Crippen molar-refractivity contribution in [2.24, 2.45) is 0 Å². The van der Waals surface area contributed by atoms with Crippen molar-refractivity contribution >= 4 is 37.5 Å². The number of hydrogen-bond donors (Lipinski definition) is 1. The number of nitrogens with zero attached hydrogens (tertiary/aromatic N) is 2. The van der Waals surface area contributed by atoms with Crippen molar-refractivity contribution in [2.45, 2.75) is 6.54 Å². The van der Waals surface area contributed by atoms with Gasteiger partial charge < -0.3 is 5.32 Å². The minimum absolute atomic E-state index is 0.762. The molecule has 0 radical (unpaired) electrons. The van der Waals surface area contributed by atoms with Crippen molar-refractivity contribution in [1.29, 1.82) is 0 Å². The van der Waals surface area contributed by atoms with Crippen LogP contribution in [-0.4, -0.2) is 9.97 Å². The number of nitrogens with one attached hydrogen (secondary N) is 1. The number of aromatic nitrogens is 2. The van der Waals surface area contributed by atoms with E-state index in [-0.39, 0.29) is 0 Å². The highest BCUT2D eigenvalue weighted by Gasteiger charge is 2.07. The summed E-state index contributed by atoms with van der Waals surface area (Å²) in [5, 5.41) is 7.00. The Morgan fingerprint density at radius 3 is 2.59 bits per heavy atom. The van der Waals surface area contributed by atoms with E-state index in [1.807, 2.05) is 24.5 Å². The lowest BCUT2D eigenvalue weighted by Gasteiger charge is -2.07. The van der Waals surface area contributed by atoms with Crippen molar-refractivity contribution in [2.75, 3.05) is 5.32 Å². The Labute approximate surface area is 161 Å². The summed E-state index contributed by atoms with van der Waals surface area (Å²) in [6.07, 6.45) is 3.65. The normalized spacial score (nSPS) is 11.1. The molecule has 0 bridgehead atoms. The lowest BCUT2D eigenvalue weighted by Crippen LogP contribution is -1.99. The summed E-state index contributed by atoms with van der Waals surface area (Å²) < 4.78 is 1.18. The molecule has 2 heterocycles. The monoisotopic (exact) mass is 367 g/mol. The van der Waals surface area contributed by atoms with Gasteiger partial charge in [0.15, 0.2) is 5.13 Å². The van der Waals surface area contributed by atoms with Gasteiger partial charge in [0.1, 0.15) is 0 Å². The molecule has 5 rings (SSSR count). The Hall–Kier alpha value is -3.24. The summed E-state index contributed by atoms with van der Waals surface area (Å²) in [6.45, 7) is 0.762. The van der Waals surface area contributed by atoms with Crippen LogP contribution in [0.5, 0.6) is 0 Å². The maximum Gasteiger partial charge on any atom is 0.184 e. The first-order valence-electron chi connectivity index (χ1n) is 8.88. The number of rotatable bonds is 4. The van der Waals surface area contributed by atoms with Crippen molar-refractivity contribution in [3.05, 3.63) is 90.8 Å². The van der Waals surface area contributed by atoms with Crippen molar-refractivity contribution < 1.29 is 0 Å². The van der Waals surface area contributed by atoms with Gasteiger partial charge in [0.05, 0.1) is 10.2 Å². The van der Waals surface area contributed by atoms with Crippen LogP contribution in [0.25, 0.3) is 32.1 Å². The van der Waals surface area contributed by atoms with Crippen LogP contribution in [0.1, 0.15) is 5.56 Å². The molecule has 0 spiro atoms. The highest BCUT2D eigenvalue weighted by Crippen LogP contribution is 2.31. The average molecular weight is 367 g/mol. The molecule has 3 aromatic carbocycles. The van der Waals surface area contributed by atoms with E-state index in [9.17, 15) is 0 Å². The van der Waals surface area contributed by atoms with E-state index < -0.39 is 0 Å². The third kappa shape index (κ3) is 3.15. The third-order valence-electron chi connectivity index (χ3n) is 4.71. The first-order chi connectivity index (χ1) is 13.4. The zero-order valence-corrected chi connectivity index (χ0v) is 15.4. The molecule has 5 aromatic rings. The molecule has 0 aliphatic rings. The van der Waals surface area contributed by atoms with Gasteiger partial charge in [-0.15, -0.1) is 0 Å². The minimum Gasteiger partial charge on any atom is -0.357 e. The van der Waals surface area contributed by atoms with Crippen molar-refractivity contribution in [3.8, 4) is 11.1 Å². The predicted octanol–water partition coefficient (Wildman–Crippen LogP) is 6.12. The lowest BCUT2D eigenvalue weighted by molar-refractivity contribution is 1.16. The molecule has 27 heavy (non-hydrogen) atoms. The molecule has 4 heteroatoms. The van der Waals surface area contributed by atoms with Crippen LogP contribution in [0.3, 0.4) is 0 Å². The second-order valence-corrected chi connectivity index (χ2v) is 7.46. The van der Waals surface area contributed by atoms with Gasteiger partial charge in [0.2, 0.25) is 0 Å². The number of anilines is 1. The third-order valence-corrected chi connectivity index (χ3v) is 5.69. The summed E-state index contributed by atoms with van der Waals surface area (Å²) in [5.74, 6) is 0. The van der Waals surface area contributed by atoms with Crippen LogP contribution >= 0.6 is 11.3 Å². The summed E-state index contributed by atoms with van der Waals surface area (Å²) in [4.78, 5) is 8.83. The fourth-order valence-electron chi connectivity index (χ4n) is 3.34. The molecule has 0 aliphatic heterocycles. The molecule has 130 valence electrons. The van der Waals surface area contributed by atoms with Gasteiger partial charge in [-0.25, -0.2) is 4.98 Å². The number of hydrogen-bond acceptors (Lipinski definition) is 4. The Balaban J connectivity index is 1.42. The van der Waals surface area contributed by atoms with E-state index in [2.05, 4.69) is 71.0 Å². The number of pyridine rings is 1. The maximum atomic E-state index is 4.74. The first-order valence-corrected chi connectivity index (χ1v) is 9.70. The highest BCUT2D eigenvalue weighted by molar-refractivity contribution is 7.22. The number of fused-ring (bicyclic) bond motifs is 2. The molecule has 0 saturated carbocycles. The Kier molecular flexibility index (Phi) is 4.03. The van der Waals surface area contributed by atoms with Gasteiger partial charge in [-0.3, -0.25) is 4.98 Å². The quantitative estimate of drug-likeness (QED) is 0.415. The number of benzene rings is 3. The molecule has 3 nitrogen and oxygen atoms in total. The molecule has 2 aromatic heterocycles. The Morgan fingerprint density at radius 2 is 1.67 bits per heavy atom. The molecule has 0 unspecified atom stereocenters. The summed E-state index contributed by atoms with van der Waals surface area (Å²) >= 11 is 1.69. The standard InChI is InChI=1S/C23H17N3S/c1-2-7-20-17(4-1)5-3-6-19(20)15-25-23-26-21-9-8-18(14-22(21)27-23)16-10-12-24-13-11-16/h1-14H,15H2,(H,25,26). The molecular weight excluding hydrogens is 350 g/mol. The molecule has 0 atom stereocenters. The second kappa shape index (κ2) is 6.82. The topological polar surface area (TPSA) is 37.8 Å². The van der Waals surface area contributed by atoms with Gasteiger partial charge in [-0.05, 0) is 51.7 Å². The van der Waals surface area contributed by atoms with E-state index in [0.717, 1.165) is 17.2 Å². The van der Waals surface area contributed by atoms with Crippen LogP contribution in [0.15, 0.2) is 85.2 Å². The molecular formula is C23H17N3S. The average Bonchev–Trinajstić information content (AvgIpc) is 3.15. The van der Waals surface area contributed by atoms with E-state index in [1.165, 1.54) is 32.2 Å². The molecule has 0 fully saturated rings. The van der Waals surface area contributed by atoms with Gasteiger partial charge in [0.25, 0.3) is 0 Å². The van der Waals surface area contributed by atoms with E-state index in [4.69, 9.17) is 4.98 Å². The smallest absolute Gasteiger partial charge is 0.184 e. The zero-order valence-electron chi connectivity index (χ0n) is 14.6. The number of thiazole rings is 1. The van der Waals surface area contributed by atoms with Gasteiger partial charge in [-0.1, -0.05) is 59.9 Å². The van der Waals surface area contributed by atoms with Crippen molar-refractivity contribution in [3.63, 3.8) is 0 Å². The van der Waals surface area contributed by atoms with Crippen molar-refractivity contribution in [1.82, 2.24) is 9.97 Å². The SMILES string of the molecule is c1ccc2c(CNc3nc4ccc(-c5ccncc5)cc4s3)cccc2c1. The summed E-state index contributed by atoms with van der Waals surface area (Å²) in [7, 11) is 0. The Morgan fingerprint density at radius 1 is 0.815 bits per heavy atom. The van der Waals surface area contributed by atoms with E-state index >= 15 is 0 Å². The van der Waals surface area contributed by atoms with Gasteiger partial charge in [-0.2, -0.15) is 0 Å². The maximum absolute atomic E-state index is 4.74. The second-order valence-electron chi connectivity index (χ2n) is 6.43. The fourth-order valence-corrected chi connectivity index (χ4v) is 4.24. The predicted molar refractivity (Wildman–Crippen MR) is 114 cm³/mol. The first kappa shape index (κ1) is 16.0. The Bertz CT molecular complexity index is 1220. The molecule has 0 aliphatic carbocycles. The summed E-state index contributed by atoms with van der Waals surface area (Å²) in [5.41, 5.74) is 4.67. The zero-order chi connectivity index (χ0) is 18.1. The minimum atomic E-state index is 0.762. The molecule has 0 amide bonds. The van der Waals surface area contributed by atoms with Crippen LogP contribution in [0, 0.1) is 0 Å². The highest BCUT2D eigenvalue weighted by atomic mass is 32.1. The fraction of sp³-hybridized carbons (Fsp3) is 0.0435. The molecule has 1 N–H and O–H groups in total. The lowest BCUT2D eigenvalue weighted by atomic mass is 10.0. The van der Waals surface area contributed by atoms with Crippen LogP contribution in [-0.2, 0) is 6.54 Å². The van der Waals surface area contributed by atoms with Gasteiger partial charge >= 0.3 is 0 Å². The van der Waals surface area contributed by atoms with Crippen LogP contribution < -0.4 is 5.32 Å². The largest absolute Gasteiger partial charge is 0.357 e. The van der Waals surface area contributed by atoms with E-state index in [1.54, 1.807) is 11.3 Å². The molecule has 0 saturated heterocycles. The van der Waals surface area contributed by atoms with E-state index in [0.29, 0.717) is 0 Å².